The lowest BCUT2D eigenvalue weighted by molar-refractivity contribution is 0.605. The normalized spacial score (nSPS) is 26.1. The van der Waals surface area contributed by atoms with Crippen molar-refractivity contribution in [3.05, 3.63) is 35.1 Å². The highest BCUT2D eigenvalue weighted by molar-refractivity contribution is 5.31. The zero-order valence-corrected chi connectivity index (χ0v) is 7.76. The third-order valence-electron chi connectivity index (χ3n) is 2.78. The van der Waals surface area contributed by atoms with Crippen LogP contribution in [0.4, 0.5) is 4.39 Å². The molecule has 1 nitrogen and oxygen atoms in total. The van der Waals surface area contributed by atoms with Crippen molar-refractivity contribution in [1.29, 1.82) is 0 Å². The summed E-state index contributed by atoms with van der Waals surface area (Å²) in [5.74, 6) is 0.813. The van der Waals surface area contributed by atoms with Crippen molar-refractivity contribution >= 4 is 0 Å². The van der Waals surface area contributed by atoms with E-state index in [0.29, 0.717) is 18.4 Å². The van der Waals surface area contributed by atoms with Gasteiger partial charge < -0.3 is 5.73 Å². The van der Waals surface area contributed by atoms with Gasteiger partial charge in [0.25, 0.3) is 0 Å². The van der Waals surface area contributed by atoms with Crippen LogP contribution in [0.1, 0.15) is 23.5 Å². The predicted octanol–water partition coefficient (Wildman–Crippen LogP) is 2.20. The zero-order chi connectivity index (χ0) is 9.42. The van der Waals surface area contributed by atoms with Gasteiger partial charge in [-0.15, -0.1) is 0 Å². The van der Waals surface area contributed by atoms with Crippen molar-refractivity contribution in [3.63, 3.8) is 0 Å². The minimum atomic E-state index is -0.0773. The lowest BCUT2D eigenvalue weighted by Crippen LogP contribution is -2.02. The number of hydrogen-bond donors (Lipinski definition) is 1. The predicted molar refractivity (Wildman–Crippen MR) is 51.0 cm³/mol. The molecule has 1 aliphatic rings. The van der Waals surface area contributed by atoms with Crippen LogP contribution in [0.15, 0.2) is 18.2 Å². The van der Waals surface area contributed by atoms with Gasteiger partial charge in [-0.2, -0.15) is 0 Å². The molecule has 1 aromatic rings. The molecule has 70 valence electrons. The molecule has 0 amide bonds. The minimum Gasteiger partial charge on any atom is -0.330 e. The topological polar surface area (TPSA) is 26.0 Å². The second-order valence-electron chi connectivity index (χ2n) is 3.86. The Bertz CT molecular complexity index is 322. The van der Waals surface area contributed by atoms with E-state index in [1.54, 1.807) is 12.1 Å². The summed E-state index contributed by atoms with van der Waals surface area (Å²) < 4.78 is 13.3. The standard InChI is InChI=1S/C11H14FN/c1-7-2-3-11(12)10(4-7)9-5-8(9)6-13/h2-4,8-9H,5-6,13H2,1H3. The summed E-state index contributed by atoms with van der Waals surface area (Å²) in [6, 6.07) is 5.30. The third-order valence-corrected chi connectivity index (χ3v) is 2.78. The van der Waals surface area contributed by atoms with Crippen LogP contribution in [0.2, 0.25) is 0 Å². The smallest absolute Gasteiger partial charge is 0.126 e. The highest BCUT2D eigenvalue weighted by atomic mass is 19.1. The van der Waals surface area contributed by atoms with Gasteiger partial charge in [-0.3, -0.25) is 0 Å². The molecule has 1 saturated carbocycles. The number of aryl methyl sites for hydroxylation is 1. The van der Waals surface area contributed by atoms with Crippen LogP contribution in [0.5, 0.6) is 0 Å². The van der Waals surface area contributed by atoms with Gasteiger partial charge in [0.2, 0.25) is 0 Å². The zero-order valence-electron chi connectivity index (χ0n) is 7.76. The van der Waals surface area contributed by atoms with Gasteiger partial charge in [0, 0.05) is 0 Å². The Morgan fingerprint density at radius 1 is 1.54 bits per heavy atom. The summed E-state index contributed by atoms with van der Waals surface area (Å²) in [5.41, 5.74) is 7.51. The van der Waals surface area contributed by atoms with E-state index in [4.69, 9.17) is 5.73 Å². The Morgan fingerprint density at radius 3 is 2.92 bits per heavy atom. The SMILES string of the molecule is Cc1ccc(F)c(C2CC2CN)c1. The molecule has 0 radical (unpaired) electrons. The van der Waals surface area contributed by atoms with Gasteiger partial charge in [0.1, 0.15) is 5.82 Å². The van der Waals surface area contributed by atoms with Crippen LogP contribution < -0.4 is 5.73 Å². The summed E-state index contributed by atoms with van der Waals surface area (Å²) in [6.45, 7) is 2.67. The quantitative estimate of drug-likeness (QED) is 0.740. The molecule has 2 heteroatoms. The summed E-state index contributed by atoms with van der Waals surface area (Å²) in [6.07, 6.45) is 1.05. The van der Waals surface area contributed by atoms with E-state index >= 15 is 0 Å². The van der Waals surface area contributed by atoms with Crippen LogP contribution in [0.25, 0.3) is 0 Å². The van der Waals surface area contributed by atoms with Crippen LogP contribution in [0.3, 0.4) is 0 Å². The second kappa shape index (κ2) is 3.11. The summed E-state index contributed by atoms with van der Waals surface area (Å²) in [4.78, 5) is 0. The maximum absolute atomic E-state index is 13.3. The van der Waals surface area contributed by atoms with Gasteiger partial charge in [0.05, 0.1) is 0 Å². The Hall–Kier alpha value is -0.890. The van der Waals surface area contributed by atoms with E-state index in [1.807, 2.05) is 13.0 Å². The first-order valence-electron chi connectivity index (χ1n) is 4.68. The molecule has 0 aromatic heterocycles. The number of benzene rings is 1. The largest absolute Gasteiger partial charge is 0.330 e. The van der Waals surface area contributed by atoms with Crippen LogP contribution in [-0.4, -0.2) is 6.54 Å². The van der Waals surface area contributed by atoms with Crippen LogP contribution in [0, 0.1) is 18.7 Å². The van der Waals surface area contributed by atoms with Crippen molar-refractivity contribution in [1.82, 2.24) is 0 Å². The van der Waals surface area contributed by atoms with Gasteiger partial charge >= 0.3 is 0 Å². The molecule has 1 aliphatic carbocycles. The molecule has 2 rings (SSSR count). The van der Waals surface area contributed by atoms with Gasteiger partial charge in [-0.1, -0.05) is 17.7 Å². The second-order valence-corrected chi connectivity index (χ2v) is 3.86. The fourth-order valence-corrected chi connectivity index (χ4v) is 1.84. The summed E-state index contributed by atoms with van der Waals surface area (Å²) in [7, 11) is 0. The van der Waals surface area contributed by atoms with E-state index in [9.17, 15) is 4.39 Å². The maximum Gasteiger partial charge on any atom is 0.126 e. The third kappa shape index (κ3) is 1.59. The molecule has 2 atom stereocenters. The molecule has 0 aliphatic heterocycles. The molecular formula is C11H14FN. The van der Waals surface area contributed by atoms with Crippen molar-refractivity contribution in [2.24, 2.45) is 11.7 Å². The first-order chi connectivity index (χ1) is 6.22. The molecule has 2 unspecified atom stereocenters. The Balaban J connectivity index is 2.25. The van der Waals surface area contributed by atoms with Gasteiger partial charge in [0.15, 0.2) is 0 Å². The molecule has 1 fully saturated rings. The molecule has 0 saturated heterocycles. The highest BCUT2D eigenvalue weighted by Gasteiger charge is 2.38. The van der Waals surface area contributed by atoms with E-state index in [1.165, 1.54) is 0 Å². The Kier molecular flexibility index (Phi) is 2.08. The number of halogens is 1. The maximum atomic E-state index is 13.3. The lowest BCUT2D eigenvalue weighted by Gasteiger charge is -2.02. The molecule has 1 aromatic carbocycles. The molecule has 13 heavy (non-hydrogen) atoms. The first-order valence-corrected chi connectivity index (χ1v) is 4.68. The Labute approximate surface area is 77.8 Å². The average Bonchev–Trinajstić information content (AvgIpc) is 2.88. The summed E-state index contributed by atoms with van der Waals surface area (Å²) in [5, 5.41) is 0. The monoisotopic (exact) mass is 179 g/mol. The average molecular weight is 179 g/mol. The van der Waals surface area contributed by atoms with E-state index in [2.05, 4.69) is 0 Å². The van der Waals surface area contributed by atoms with Crippen molar-refractivity contribution in [3.8, 4) is 0 Å². The van der Waals surface area contributed by atoms with Gasteiger partial charge in [-0.25, -0.2) is 4.39 Å². The number of nitrogens with two attached hydrogens (primary N) is 1. The van der Waals surface area contributed by atoms with Crippen molar-refractivity contribution in [2.75, 3.05) is 6.54 Å². The lowest BCUT2D eigenvalue weighted by atomic mass is 10.1. The molecular weight excluding hydrogens is 165 g/mol. The number of hydrogen-bond acceptors (Lipinski definition) is 1. The van der Waals surface area contributed by atoms with Crippen LogP contribution in [-0.2, 0) is 0 Å². The summed E-state index contributed by atoms with van der Waals surface area (Å²) >= 11 is 0. The van der Waals surface area contributed by atoms with Crippen molar-refractivity contribution in [2.45, 2.75) is 19.3 Å². The molecule has 0 heterocycles. The molecule has 0 spiro atoms. The van der Waals surface area contributed by atoms with Gasteiger partial charge in [-0.05, 0) is 43.4 Å². The Morgan fingerprint density at radius 2 is 2.31 bits per heavy atom. The van der Waals surface area contributed by atoms with E-state index < -0.39 is 0 Å². The van der Waals surface area contributed by atoms with E-state index in [-0.39, 0.29) is 5.82 Å². The van der Waals surface area contributed by atoms with E-state index in [0.717, 1.165) is 17.5 Å². The van der Waals surface area contributed by atoms with Crippen molar-refractivity contribution < 1.29 is 4.39 Å². The van der Waals surface area contributed by atoms with Crippen LogP contribution >= 0.6 is 0 Å². The highest BCUT2D eigenvalue weighted by Crippen LogP contribution is 2.47. The molecule has 0 bridgehead atoms. The fourth-order valence-electron chi connectivity index (χ4n) is 1.84. The fraction of sp³-hybridized carbons (Fsp3) is 0.455. The first kappa shape index (κ1) is 8.70. The minimum absolute atomic E-state index is 0.0773. The number of rotatable bonds is 2. The molecule has 2 N–H and O–H groups in total.